The molecular formula is C17H14F3N5O. The molecule has 0 aliphatic heterocycles. The SMILES string of the molecule is CC(C)n1nc2ccc(C(F)(F)F)nc2c1-c1ccc2[nH]c(=O)[nH]c2c1. The maximum atomic E-state index is 13.1. The van der Waals surface area contributed by atoms with Gasteiger partial charge in [-0.15, -0.1) is 0 Å². The maximum absolute atomic E-state index is 13.1. The van der Waals surface area contributed by atoms with Crippen molar-refractivity contribution < 1.29 is 13.2 Å². The van der Waals surface area contributed by atoms with E-state index in [4.69, 9.17) is 0 Å². The minimum Gasteiger partial charge on any atom is -0.306 e. The molecule has 4 rings (SSSR count). The third-order valence-corrected chi connectivity index (χ3v) is 4.11. The maximum Gasteiger partial charge on any atom is 0.433 e. The van der Waals surface area contributed by atoms with Crippen molar-refractivity contribution in [3.8, 4) is 11.3 Å². The van der Waals surface area contributed by atoms with E-state index in [1.807, 2.05) is 13.8 Å². The molecule has 0 amide bonds. The fraction of sp³-hybridized carbons (Fsp3) is 0.235. The van der Waals surface area contributed by atoms with Gasteiger partial charge in [-0.1, -0.05) is 6.07 Å². The Morgan fingerprint density at radius 3 is 2.50 bits per heavy atom. The summed E-state index contributed by atoms with van der Waals surface area (Å²) in [5.74, 6) is 0. The molecule has 0 saturated heterocycles. The average Bonchev–Trinajstić information content (AvgIpc) is 3.11. The lowest BCUT2D eigenvalue weighted by molar-refractivity contribution is -0.140. The number of hydrogen-bond donors (Lipinski definition) is 2. The van der Waals surface area contributed by atoms with Crippen molar-refractivity contribution in [2.45, 2.75) is 26.1 Å². The molecule has 6 nitrogen and oxygen atoms in total. The van der Waals surface area contributed by atoms with Crippen LogP contribution in [-0.2, 0) is 6.18 Å². The van der Waals surface area contributed by atoms with Crippen LogP contribution in [0.3, 0.4) is 0 Å². The number of imidazole rings is 1. The van der Waals surface area contributed by atoms with Crippen LogP contribution in [0.2, 0.25) is 0 Å². The van der Waals surface area contributed by atoms with E-state index in [1.165, 1.54) is 6.07 Å². The fourth-order valence-electron chi connectivity index (χ4n) is 2.96. The summed E-state index contributed by atoms with van der Waals surface area (Å²) in [6.45, 7) is 3.77. The Morgan fingerprint density at radius 1 is 1.08 bits per heavy atom. The number of nitrogens with one attached hydrogen (secondary N) is 2. The molecule has 0 saturated carbocycles. The Bertz CT molecular complexity index is 1180. The fourth-order valence-corrected chi connectivity index (χ4v) is 2.96. The first-order valence-electron chi connectivity index (χ1n) is 7.93. The van der Waals surface area contributed by atoms with Crippen LogP contribution >= 0.6 is 0 Å². The van der Waals surface area contributed by atoms with Crippen molar-refractivity contribution in [3.05, 3.63) is 46.5 Å². The molecule has 0 bridgehead atoms. The second kappa shape index (κ2) is 5.45. The quantitative estimate of drug-likeness (QED) is 0.569. The van der Waals surface area contributed by atoms with Crippen LogP contribution in [0, 0.1) is 0 Å². The molecule has 2 N–H and O–H groups in total. The lowest BCUT2D eigenvalue weighted by Crippen LogP contribution is -2.07. The number of nitrogens with zero attached hydrogens (tertiary/aromatic N) is 3. The Hall–Kier alpha value is -3.10. The van der Waals surface area contributed by atoms with Crippen LogP contribution in [0.25, 0.3) is 33.3 Å². The van der Waals surface area contributed by atoms with Crippen LogP contribution < -0.4 is 5.69 Å². The topological polar surface area (TPSA) is 79.4 Å². The molecule has 0 unspecified atom stereocenters. The number of hydrogen-bond acceptors (Lipinski definition) is 3. The third-order valence-electron chi connectivity index (χ3n) is 4.11. The van der Waals surface area contributed by atoms with E-state index < -0.39 is 11.9 Å². The number of rotatable bonds is 2. The van der Waals surface area contributed by atoms with Crippen molar-refractivity contribution in [1.82, 2.24) is 24.7 Å². The Balaban J connectivity index is 2.03. The molecule has 134 valence electrons. The van der Waals surface area contributed by atoms with Crippen LogP contribution in [0.1, 0.15) is 25.6 Å². The van der Waals surface area contributed by atoms with Crippen LogP contribution in [0.5, 0.6) is 0 Å². The summed E-state index contributed by atoms with van der Waals surface area (Å²) in [5.41, 5.74) is 1.50. The second-order valence-electron chi connectivity index (χ2n) is 6.29. The minimum atomic E-state index is -4.54. The predicted octanol–water partition coefficient (Wildman–Crippen LogP) is 3.87. The highest BCUT2D eigenvalue weighted by molar-refractivity contribution is 5.92. The zero-order chi connectivity index (χ0) is 18.6. The van der Waals surface area contributed by atoms with Crippen LogP contribution in [0.15, 0.2) is 35.1 Å². The molecule has 3 heterocycles. The van der Waals surface area contributed by atoms with Crippen molar-refractivity contribution in [1.29, 1.82) is 0 Å². The number of H-pyrrole nitrogens is 2. The van der Waals surface area contributed by atoms with Gasteiger partial charge in [-0.2, -0.15) is 18.3 Å². The van der Waals surface area contributed by atoms with Crippen molar-refractivity contribution in [3.63, 3.8) is 0 Å². The van der Waals surface area contributed by atoms with Gasteiger partial charge in [-0.3, -0.25) is 4.68 Å². The first-order chi connectivity index (χ1) is 12.2. The lowest BCUT2D eigenvalue weighted by atomic mass is 10.1. The normalized spacial score (nSPS) is 12.5. The summed E-state index contributed by atoms with van der Waals surface area (Å²) >= 11 is 0. The van der Waals surface area contributed by atoms with Gasteiger partial charge in [-0.05, 0) is 38.1 Å². The first-order valence-corrected chi connectivity index (χ1v) is 7.93. The predicted molar refractivity (Wildman–Crippen MR) is 90.8 cm³/mol. The van der Waals surface area contributed by atoms with Crippen molar-refractivity contribution in [2.75, 3.05) is 0 Å². The number of pyridine rings is 1. The van der Waals surface area contributed by atoms with Gasteiger partial charge in [-0.25, -0.2) is 9.78 Å². The van der Waals surface area contributed by atoms with Gasteiger partial charge >= 0.3 is 11.9 Å². The molecule has 4 aromatic rings. The van der Waals surface area contributed by atoms with Gasteiger partial charge in [0.2, 0.25) is 0 Å². The summed E-state index contributed by atoms with van der Waals surface area (Å²) < 4.78 is 40.9. The second-order valence-corrected chi connectivity index (χ2v) is 6.29. The highest BCUT2D eigenvalue weighted by atomic mass is 19.4. The number of fused-ring (bicyclic) bond motifs is 2. The molecule has 26 heavy (non-hydrogen) atoms. The van der Waals surface area contributed by atoms with Crippen molar-refractivity contribution >= 4 is 22.1 Å². The third kappa shape index (κ3) is 2.56. The molecule has 0 atom stereocenters. The van der Waals surface area contributed by atoms with Crippen LogP contribution in [0.4, 0.5) is 13.2 Å². The summed E-state index contributed by atoms with van der Waals surface area (Å²) in [4.78, 5) is 20.6. The highest BCUT2D eigenvalue weighted by Gasteiger charge is 2.33. The van der Waals surface area contributed by atoms with E-state index in [0.717, 1.165) is 6.07 Å². The Kier molecular flexibility index (Phi) is 3.43. The van der Waals surface area contributed by atoms with E-state index in [2.05, 4.69) is 20.1 Å². The lowest BCUT2D eigenvalue weighted by Gasteiger charge is -2.11. The summed E-state index contributed by atoms with van der Waals surface area (Å²) in [7, 11) is 0. The highest BCUT2D eigenvalue weighted by Crippen LogP contribution is 2.34. The number of alkyl halides is 3. The molecule has 0 radical (unpaired) electrons. The number of halogens is 3. The standard InChI is InChI=1S/C17H14F3N5O/c1-8(2)25-15(9-3-4-10-12(7-9)22-16(26)21-10)14-11(24-25)5-6-13(23-14)17(18,19)20/h3-8H,1-2H3,(H2,21,22,26). The van der Waals surface area contributed by atoms with E-state index in [9.17, 15) is 18.0 Å². The van der Waals surface area contributed by atoms with Gasteiger partial charge < -0.3 is 9.97 Å². The van der Waals surface area contributed by atoms with E-state index in [1.54, 1.807) is 22.9 Å². The molecule has 9 heteroatoms. The molecule has 0 aliphatic rings. The minimum absolute atomic E-state index is 0.0884. The van der Waals surface area contributed by atoms with Crippen LogP contribution in [-0.4, -0.2) is 24.7 Å². The number of aromatic amines is 2. The number of aromatic nitrogens is 5. The molecular weight excluding hydrogens is 347 g/mol. The smallest absolute Gasteiger partial charge is 0.306 e. The zero-order valence-corrected chi connectivity index (χ0v) is 13.8. The van der Waals surface area contributed by atoms with Gasteiger partial charge in [0.1, 0.15) is 16.7 Å². The average molecular weight is 361 g/mol. The molecule has 3 aromatic heterocycles. The summed E-state index contributed by atoms with van der Waals surface area (Å²) in [6, 6.07) is 7.28. The summed E-state index contributed by atoms with van der Waals surface area (Å²) in [6.07, 6.45) is -4.54. The molecule has 0 fully saturated rings. The van der Waals surface area contributed by atoms with Gasteiger partial charge in [0.25, 0.3) is 0 Å². The monoisotopic (exact) mass is 361 g/mol. The molecule has 0 aliphatic carbocycles. The largest absolute Gasteiger partial charge is 0.433 e. The molecule has 1 aromatic carbocycles. The summed E-state index contributed by atoms with van der Waals surface area (Å²) in [5, 5.41) is 4.40. The first kappa shape index (κ1) is 16.4. The van der Waals surface area contributed by atoms with E-state index in [-0.39, 0.29) is 17.2 Å². The van der Waals surface area contributed by atoms with E-state index >= 15 is 0 Å². The van der Waals surface area contributed by atoms with Gasteiger partial charge in [0.15, 0.2) is 0 Å². The van der Waals surface area contributed by atoms with Crippen molar-refractivity contribution in [2.24, 2.45) is 0 Å². The molecule has 0 spiro atoms. The van der Waals surface area contributed by atoms with Gasteiger partial charge in [0, 0.05) is 11.6 Å². The Labute approximate surface area is 144 Å². The van der Waals surface area contributed by atoms with E-state index in [0.29, 0.717) is 27.8 Å². The number of benzene rings is 1. The Morgan fingerprint density at radius 2 is 1.81 bits per heavy atom. The van der Waals surface area contributed by atoms with Gasteiger partial charge in [0.05, 0.1) is 16.7 Å². The zero-order valence-electron chi connectivity index (χ0n) is 13.8.